The van der Waals surface area contributed by atoms with Crippen molar-refractivity contribution in [3.8, 4) is 11.8 Å². The number of esters is 2. The quantitative estimate of drug-likeness (QED) is 0.280. The molecule has 0 aromatic heterocycles. The SMILES string of the molecule is CCOC(=O)C(CC#CC(O)(c1ccccc1)c1ccccc1)(Cc1ccccc1)C(=O)OCC. The molecule has 5 nitrogen and oxygen atoms in total. The molecule has 0 saturated heterocycles. The number of aliphatic hydroxyl groups is 1. The van der Waals surface area contributed by atoms with Crippen LogP contribution in [0.4, 0.5) is 0 Å². The molecule has 0 radical (unpaired) electrons. The van der Waals surface area contributed by atoms with Crippen LogP contribution in [0, 0.1) is 17.3 Å². The first-order valence-corrected chi connectivity index (χ1v) is 11.7. The van der Waals surface area contributed by atoms with Crippen LogP contribution in [0.25, 0.3) is 0 Å². The summed E-state index contributed by atoms with van der Waals surface area (Å²) in [5.74, 6) is 4.53. The van der Waals surface area contributed by atoms with Crippen molar-refractivity contribution in [2.75, 3.05) is 13.2 Å². The predicted molar refractivity (Wildman–Crippen MR) is 134 cm³/mol. The molecule has 0 bridgehead atoms. The zero-order valence-electron chi connectivity index (χ0n) is 20.1. The molecule has 3 aromatic carbocycles. The van der Waals surface area contributed by atoms with Crippen molar-refractivity contribution in [2.24, 2.45) is 5.41 Å². The van der Waals surface area contributed by atoms with Gasteiger partial charge in [0.05, 0.1) is 13.2 Å². The summed E-state index contributed by atoms with van der Waals surface area (Å²) < 4.78 is 10.7. The standard InChI is InChI=1S/C30H30O5/c1-3-34-27(31)29(28(32)35-4-2,23-24-15-8-5-9-16-24)21-14-22-30(33,25-17-10-6-11-18-25)26-19-12-7-13-20-26/h5-13,15-20,33H,3-4,21,23H2,1-2H3. The van der Waals surface area contributed by atoms with E-state index in [0.717, 1.165) is 5.56 Å². The van der Waals surface area contributed by atoms with Crippen LogP contribution >= 0.6 is 0 Å². The van der Waals surface area contributed by atoms with Crippen LogP contribution in [0.5, 0.6) is 0 Å². The molecule has 0 atom stereocenters. The van der Waals surface area contributed by atoms with Crippen LogP contribution in [0.1, 0.15) is 37.0 Å². The zero-order valence-corrected chi connectivity index (χ0v) is 20.1. The summed E-state index contributed by atoms with van der Waals surface area (Å²) in [6, 6.07) is 27.4. The third kappa shape index (κ3) is 5.98. The lowest BCUT2D eigenvalue weighted by atomic mass is 9.78. The molecule has 0 aliphatic heterocycles. The van der Waals surface area contributed by atoms with E-state index in [1.165, 1.54) is 0 Å². The molecule has 0 fully saturated rings. The van der Waals surface area contributed by atoms with Crippen molar-refractivity contribution in [3.63, 3.8) is 0 Å². The number of carbonyl (C=O) groups is 2. The van der Waals surface area contributed by atoms with Crippen LogP contribution < -0.4 is 0 Å². The van der Waals surface area contributed by atoms with Gasteiger partial charge in [0.15, 0.2) is 11.0 Å². The smallest absolute Gasteiger partial charge is 0.324 e. The van der Waals surface area contributed by atoms with E-state index in [1.807, 2.05) is 66.7 Å². The van der Waals surface area contributed by atoms with Crippen molar-refractivity contribution in [1.29, 1.82) is 0 Å². The Kier molecular flexibility index (Phi) is 8.83. The van der Waals surface area contributed by atoms with Gasteiger partial charge in [-0.25, -0.2) is 0 Å². The van der Waals surface area contributed by atoms with Gasteiger partial charge in [-0.2, -0.15) is 0 Å². The highest BCUT2D eigenvalue weighted by Gasteiger charge is 2.48. The predicted octanol–water partition coefficient (Wildman–Crippen LogP) is 4.67. The molecule has 5 heteroatoms. The van der Waals surface area contributed by atoms with Gasteiger partial charge in [0, 0.05) is 24.0 Å². The van der Waals surface area contributed by atoms with E-state index in [2.05, 4.69) is 11.8 Å². The van der Waals surface area contributed by atoms with Crippen molar-refractivity contribution in [1.82, 2.24) is 0 Å². The first kappa shape index (κ1) is 25.7. The maximum atomic E-state index is 13.2. The van der Waals surface area contributed by atoms with Gasteiger partial charge in [-0.1, -0.05) is 103 Å². The number of ether oxygens (including phenoxy) is 2. The molecule has 0 saturated carbocycles. The van der Waals surface area contributed by atoms with E-state index in [1.54, 1.807) is 38.1 Å². The Morgan fingerprint density at radius 2 is 1.17 bits per heavy atom. The fraction of sp³-hybridized carbons (Fsp3) is 0.267. The summed E-state index contributed by atoms with van der Waals surface area (Å²) in [5, 5.41) is 11.7. The molecular weight excluding hydrogens is 440 g/mol. The van der Waals surface area contributed by atoms with Crippen LogP contribution in [0.2, 0.25) is 0 Å². The molecule has 0 aliphatic rings. The Balaban J connectivity index is 2.09. The van der Waals surface area contributed by atoms with Gasteiger partial charge in [0.1, 0.15) is 0 Å². The fourth-order valence-electron chi connectivity index (χ4n) is 3.91. The Bertz CT molecular complexity index is 1100. The van der Waals surface area contributed by atoms with Gasteiger partial charge >= 0.3 is 11.9 Å². The van der Waals surface area contributed by atoms with E-state index < -0.39 is 23.0 Å². The minimum atomic E-state index is -1.67. The fourth-order valence-corrected chi connectivity index (χ4v) is 3.91. The monoisotopic (exact) mass is 470 g/mol. The Morgan fingerprint density at radius 1 is 0.743 bits per heavy atom. The topological polar surface area (TPSA) is 72.8 Å². The lowest BCUT2D eigenvalue weighted by molar-refractivity contribution is -0.171. The first-order valence-electron chi connectivity index (χ1n) is 11.7. The molecule has 0 heterocycles. The summed E-state index contributed by atoms with van der Waals surface area (Å²) in [6.45, 7) is 3.59. The van der Waals surface area contributed by atoms with Gasteiger partial charge in [-0.15, -0.1) is 0 Å². The lowest BCUT2D eigenvalue weighted by Gasteiger charge is -2.28. The Morgan fingerprint density at radius 3 is 1.60 bits per heavy atom. The summed E-state index contributed by atoms with van der Waals surface area (Å²) in [5.41, 5.74) is -1.37. The molecular formula is C30H30O5. The first-order chi connectivity index (χ1) is 17.0. The van der Waals surface area contributed by atoms with Gasteiger partial charge in [-0.05, 0) is 19.4 Å². The third-order valence-electron chi connectivity index (χ3n) is 5.72. The molecule has 0 aliphatic carbocycles. The van der Waals surface area contributed by atoms with E-state index in [0.29, 0.717) is 11.1 Å². The van der Waals surface area contributed by atoms with Gasteiger partial charge < -0.3 is 14.6 Å². The summed E-state index contributed by atoms with van der Waals surface area (Å²) in [6.07, 6.45) is -0.114. The van der Waals surface area contributed by atoms with E-state index in [9.17, 15) is 14.7 Å². The summed E-state index contributed by atoms with van der Waals surface area (Å²) >= 11 is 0. The van der Waals surface area contributed by atoms with Crippen molar-refractivity contribution >= 4 is 11.9 Å². The number of hydrogen-bond donors (Lipinski definition) is 1. The highest BCUT2D eigenvalue weighted by atomic mass is 16.6. The Hall–Kier alpha value is -3.88. The lowest BCUT2D eigenvalue weighted by Crippen LogP contribution is -2.44. The minimum Gasteiger partial charge on any atom is -0.465 e. The molecule has 180 valence electrons. The number of hydrogen-bond acceptors (Lipinski definition) is 5. The van der Waals surface area contributed by atoms with Crippen molar-refractivity contribution in [2.45, 2.75) is 32.3 Å². The highest BCUT2D eigenvalue weighted by Crippen LogP contribution is 2.33. The van der Waals surface area contributed by atoms with Crippen LogP contribution in [0.3, 0.4) is 0 Å². The van der Waals surface area contributed by atoms with Gasteiger partial charge in [0.2, 0.25) is 0 Å². The van der Waals surface area contributed by atoms with E-state index >= 15 is 0 Å². The molecule has 3 aromatic rings. The van der Waals surface area contributed by atoms with Crippen LogP contribution in [-0.4, -0.2) is 30.3 Å². The average Bonchev–Trinajstić information content (AvgIpc) is 2.90. The van der Waals surface area contributed by atoms with Crippen molar-refractivity contribution < 1.29 is 24.2 Å². The van der Waals surface area contributed by atoms with Gasteiger partial charge in [-0.3, -0.25) is 9.59 Å². The zero-order chi connectivity index (χ0) is 25.2. The number of benzene rings is 3. The molecule has 0 amide bonds. The number of carbonyl (C=O) groups excluding carboxylic acids is 2. The summed E-state index contributed by atoms with van der Waals surface area (Å²) in [7, 11) is 0. The highest BCUT2D eigenvalue weighted by molar-refractivity contribution is 6.00. The Labute approximate surface area is 206 Å². The second-order valence-electron chi connectivity index (χ2n) is 8.11. The second kappa shape index (κ2) is 12.0. The van der Waals surface area contributed by atoms with Gasteiger partial charge in [0.25, 0.3) is 0 Å². The van der Waals surface area contributed by atoms with E-state index in [-0.39, 0.29) is 26.1 Å². The second-order valence-corrected chi connectivity index (χ2v) is 8.11. The minimum absolute atomic E-state index is 0.0648. The molecule has 35 heavy (non-hydrogen) atoms. The van der Waals surface area contributed by atoms with E-state index in [4.69, 9.17) is 9.47 Å². The molecule has 0 spiro atoms. The molecule has 0 unspecified atom stereocenters. The molecule has 3 rings (SSSR count). The third-order valence-corrected chi connectivity index (χ3v) is 5.72. The average molecular weight is 471 g/mol. The van der Waals surface area contributed by atoms with Crippen LogP contribution in [0.15, 0.2) is 91.0 Å². The largest absolute Gasteiger partial charge is 0.465 e. The van der Waals surface area contributed by atoms with Crippen LogP contribution in [-0.2, 0) is 31.1 Å². The maximum absolute atomic E-state index is 13.2. The number of rotatable bonds is 9. The maximum Gasteiger partial charge on any atom is 0.324 e. The molecule has 1 N–H and O–H groups in total. The normalized spacial score (nSPS) is 11.2. The summed E-state index contributed by atoms with van der Waals surface area (Å²) in [4.78, 5) is 26.5. The van der Waals surface area contributed by atoms with Crippen molar-refractivity contribution in [3.05, 3.63) is 108 Å².